The van der Waals surface area contributed by atoms with Crippen molar-refractivity contribution in [2.24, 2.45) is 0 Å². The van der Waals surface area contributed by atoms with E-state index in [4.69, 9.17) is 0 Å². The SMILES string of the molecule is Cc1ccc(S(=O)(=O)N2CCSC(c3cccs3)CC2)cc1. The monoisotopic (exact) mass is 353 g/mol. The van der Waals surface area contributed by atoms with Crippen LogP contribution in [0.1, 0.15) is 22.1 Å². The topological polar surface area (TPSA) is 37.4 Å². The standard InChI is InChI=1S/C16H19NO2S3/c1-13-4-6-14(7-5-13)22(18,19)17-9-8-16(21-12-10-17)15-3-2-11-20-15/h2-7,11,16H,8-10,12H2,1H3. The maximum absolute atomic E-state index is 12.8. The van der Waals surface area contributed by atoms with Gasteiger partial charge in [-0.2, -0.15) is 16.1 Å². The van der Waals surface area contributed by atoms with Crippen LogP contribution in [0.2, 0.25) is 0 Å². The van der Waals surface area contributed by atoms with Crippen molar-refractivity contribution < 1.29 is 8.42 Å². The Morgan fingerprint density at radius 3 is 2.59 bits per heavy atom. The molecule has 2 heterocycles. The highest BCUT2D eigenvalue weighted by Gasteiger charge is 2.28. The zero-order chi connectivity index (χ0) is 15.6. The predicted molar refractivity (Wildman–Crippen MR) is 94.1 cm³/mol. The van der Waals surface area contributed by atoms with Crippen molar-refractivity contribution in [1.29, 1.82) is 0 Å². The van der Waals surface area contributed by atoms with Gasteiger partial charge in [-0.1, -0.05) is 23.8 Å². The van der Waals surface area contributed by atoms with Crippen molar-refractivity contribution in [3.63, 3.8) is 0 Å². The molecule has 3 rings (SSSR count). The van der Waals surface area contributed by atoms with Gasteiger partial charge in [-0.15, -0.1) is 11.3 Å². The second-order valence-electron chi connectivity index (χ2n) is 5.38. The van der Waals surface area contributed by atoms with E-state index in [1.165, 1.54) is 4.88 Å². The average Bonchev–Trinajstić information content (AvgIpc) is 2.92. The van der Waals surface area contributed by atoms with Crippen LogP contribution in [0, 0.1) is 6.92 Å². The molecule has 0 saturated carbocycles. The predicted octanol–water partition coefficient (Wildman–Crippen LogP) is 3.93. The highest BCUT2D eigenvalue weighted by atomic mass is 32.2. The van der Waals surface area contributed by atoms with E-state index in [0.717, 1.165) is 17.7 Å². The summed E-state index contributed by atoms with van der Waals surface area (Å²) >= 11 is 3.62. The summed E-state index contributed by atoms with van der Waals surface area (Å²) in [6.07, 6.45) is 0.871. The Morgan fingerprint density at radius 1 is 1.14 bits per heavy atom. The Balaban J connectivity index is 1.76. The quantitative estimate of drug-likeness (QED) is 0.839. The highest BCUT2D eigenvalue weighted by Crippen LogP contribution is 2.37. The van der Waals surface area contributed by atoms with Crippen LogP contribution in [0.25, 0.3) is 0 Å². The molecule has 22 heavy (non-hydrogen) atoms. The van der Waals surface area contributed by atoms with E-state index in [1.807, 2.05) is 30.8 Å². The highest BCUT2D eigenvalue weighted by molar-refractivity contribution is 7.99. The minimum Gasteiger partial charge on any atom is -0.207 e. The van der Waals surface area contributed by atoms with Gasteiger partial charge in [0.1, 0.15) is 0 Å². The molecule has 0 aliphatic carbocycles. The first-order valence-corrected chi connectivity index (χ1v) is 10.7. The molecule has 0 amide bonds. The van der Waals surface area contributed by atoms with Gasteiger partial charge in [-0.25, -0.2) is 8.42 Å². The Labute approximate surface area is 140 Å². The van der Waals surface area contributed by atoms with Crippen LogP contribution in [0.3, 0.4) is 0 Å². The normalized spacial score (nSPS) is 20.7. The maximum atomic E-state index is 12.8. The molecule has 1 aliphatic heterocycles. The second-order valence-corrected chi connectivity index (χ2v) is 9.61. The van der Waals surface area contributed by atoms with Crippen molar-refractivity contribution in [2.45, 2.75) is 23.5 Å². The summed E-state index contributed by atoms with van der Waals surface area (Å²) in [5, 5.41) is 2.50. The summed E-state index contributed by atoms with van der Waals surface area (Å²) in [5.74, 6) is 0.841. The number of benzene rings is 1. The fourth-order valence-electron chi connectivity index (χ4n) is 2.55. The number of thioether (sulfide) groups is 1. The lowest BCUT2D eigenvalue weighted by Crippen LogP contribution is -2.33. The van der Waals surface area contributed by atoms with E-state index in [9.17, 15) is 8.42 Å². The van der Waals surface area contributed by atoms with Gasteiger partial charge in [-0.3, -0.25) is 0 Å². The number of rotatable bonds is 3. The van der Waals surface area contributed by atoms with E-state index < -0.39 is 10.0 Å². The molecule has 1 fully saturated rings. The van der Waals surface area contributed by atoms with Crippen LogP contribution >= 0.6 is 23.1 Å². The number of sulfonamides is 1. The molecule has 1 unspecified atom stereocenters. The lowest BCUT2D eigenvalue weighted by Gasteiger charge is -2.20. The smallest absolute Gasteiger partial charge is 0.207 e. The molecule has 0 radical (unpaired) electrons. The van der Waals surface area contributed by atoms with Crippen LogP contribution in [-0.2, 0) is 10.0 Å². The van der Waals surface area contributed by atoms with Gasteiger partial charge in [0.15, 0.2) is 0 Å². The van der Waals surface area contributed by atoms with Crippen LogP contribution < -0.4 is 0 Å². The van der Waals surface area contributed by atoms with E-state index >= 15 is 0 Å². The molecule has 0 N–H and O–H groups in total. The molecule has 1 aromatic heterocycles. The zero-order valence-electron chi connectivity index (χ0n) is 12.4. The largest absolute Gasteiger partial charge is 0.243 e. The first-order valence-electron chi connectivity index (χ1n) is 7.29. The lowest BCUT2D eigenvalue weighted by molar-refractivity contribution is 0.428. The molecule has 0 spiro atoms. The van der Waals surface area contributed by atoms with E-state index in [2.05, 4.69) is 17.5 Å². The molecule has 1 aliphatic rings. The van der Waals surface area contributed by atoms with E-state index in [1.54, 1.807) is 27.8 Å². The minimum atomic E-state index is -3.37. The Bertz CT molecular complexity index is 708. The third-order valence-electron chi connectivity index (χ3n) is 3.82. The van der Waals surface area contributed by atoms with Crippen molar-refractivity contribution in [3.05, 3.63) is 52.2 Å². The van der Waals surface area contributed by atoms with Crippen molar-refractivity contribution in [1.82, 2.24) is 4.31 Å². The van der Waals surface area contributed by atoms with Crippen molar-refractivity contribution in [2.75, 3.05) is 18.8 Å². The van der Waals surface area contributed by atoms with Crippen LogP contribution in [0.15, 0.2) is 46.7 Å². The molecule has 1 saturated heterocycles. The number of aryl methyl sites for hydroxylation is 1. The maximum Gasteiger partial charge on any atom is 0.243 e. The van der Waals surface area contributed by atoms with Crippen LogP contribution in [-0.4, -0.2) is 31.6 Å². The first kappa shape index (κ1) is 16.1. The second kappa shape index (κ2) is 6.74. The van der Waals surface area contributed by atoms with Crippen LogP contribution in [0.4, 0.5) is 0 Å². The number of hydrogen-bond donors (Lipinski definition) is 0. The number of hydrogen-bond acceptors (Lipinski definition) is 4. The van der Waals surface area contributed by atoms with Gasteiger partial charge in [0.05, 0.1) is 4.90 Å². The fourth-order valence-corrected chi connectivity index (χ4v) is 6.36. The summed E-state index contributed by atoms with van der Waals surface area (Å²) < 4.78 is 27.2. The molecule has 1 atom stereocenters. The van der Waals surface area contributed by atoms with E-state index in [0.29, 0.717) is 23.2 Å². The summed E-state index contributed by atoms with van der Waals surface area (Å²) in [6, 6.07) is 11.3. The zero-order valence-corrected chi connectivity index (χ0v) is 14.9. The molecular formula is C16H19NO2S3. The first-order chi connectivity index (χ1) is 10.6. The molecule has 0 bridgehead atoms. The molecule has 6 heteroatoms. The van der Waals surface area contributed by atoms with Gasteiger partial charge in [-0.05, 0) is 36.9 Å². The van der Waals surface area contributed by atoms with E-state index in [-0.39, 0.29) is 0 Å². The summed E-state index contributed by atoms with van der Waals surface area (Å²) in [6.45, 7) is 3.14. The Kier molecular flexibility index (Phi) is 4.92. The molecule has 3 nitrogen and oxygen atoms in total. The summed E-state index contributed by atoms with van der Waals surface area (Å²) in [5.41, 5.74) is 1.07. The molecular weight excluding hydrogens is 334 g/mol. The molecule has 2 aromatic rings. The molecule has 1 aromatic carbocycles. The molecule has 118 valence electrons. The van der Waals surface area contributed by atoms with Crippen LogP contribution in [0.5, 0.6) is 0 Å². The average molecular weight is 354 g/mol. The summed E-state index contributed by atoms with van der Waals surface area (Å²) in [4.78, 5) is 1.75. The minimum absolute atomic E-state index is 0.401. The van der Waals surface area contributed by atoms with Gasteiger partial charge in [0.25, 0.3) is 0 Å². The lowest BCUT2D eigenvalue weighted by atomic mass is 10.2. The third kappa shape index (κ3) is 3.40. The summed E-state index contributed by atoms with van der Waals surface area (Å²) in [7, 11) is -3.37. The van der Waals surface area contributed by atoms with Gasteiger partial charge in [0.2, 0.25) is 10.0 Å². The Morgan fingerprint density at radius 2 is 1.91 bits per heavy atom. The van der Waals surface area contributed by atoms with Gasteiger partial charge in [0, 0.05) is 29.0 Å². The third-order valence-corrected chi connectivity index (χ3v) is 8.18. The van der Waals surface area contributed by atoms with Gasteiger partial charge < -0.3 is 0 Å². The number of nitrogens with zero attached hydrogens (tertiary/aromatic N) is 1. The Hall–Kier alpha value is -0.820. The van der Waals surface area contributed by atoms with Crippen molar-refractivity contribution >= 4 is 33.1 Å². The number of thiophene rings is 1. The van der Waals surface area contributed by atoms with Crippen molar-refractivity contribution in [3.8, 4) is 0 Å². The van der Waals surface area contributed by atoms with Gasteiger partial charge >= 0.3 is 0 Å². The fraction of sp³-hybridized carbons (Fsp3) is 0.375.